The Balaban J connectivity index is 1.23. The number of fused-ring (bicyclic) bond motifs is 1. The number of H-pyrrole nitrogens is 1. The van der Waals surface area contributed by atoms with E-state index < -0.39 is 0 Å². The average molecular weight is 473 g/mol. The number of aromatic amines is 1. The first kappa shape index (κ1) is 22.6. The summed E-state index contributed by atoms with van der Waals surface area (Å²) < 4.78 is 1.68. The lowest BCUT2D eigenvalue weighted by atomic mass is 10.1. The monoisotopic (exact) mass is 472 g/mol. The zero-order valence-electron chi connectivity index (χ0n) is 20.0. The highest BCUT2D eigenvalue weighted by Crippen LogP contribution is 2.23. The van der Waals surface area contributed by atoms with Crippen molar-refractivity contribution in [3.63, 3.8) is 0 Å². The summed E-state index contributed by atoms with van der Waals surface area (Å²) >= 11 is 0. The molecule has 10 nitrogen and oxygen atoms in total. The lowest BCUT2D eigenvalue weighted by molar-refractivity contribution is -0.134. The molecule has 1 aliphatic heterocycles. The number of para-hydroxylation sites is 2. The van der Waals surface area contributed by atoms with Gasteiger partial charge in [0, 0.05) is 51.4 Å². The van der Waals surface area contributed by atoms with Crippen LogP contribution < -0.4 is 10.2 Å². The van der Waals surface area contributed by atoms with E-state index in [9.17, 15) is 9.59 Å². The molecule has 0 radical (unpaired) electrons. The van der Waals surface area contributed by atoms with Gasteiger partial charge in [0.1, 0.15) is 11.5 Å². The van der Waals surface area contributed by atoms with Crippen molar-refractivity contribution >= 4 is 34.5 Å². The predicted molar refractivity (Wildman–Crippen MR) is 134 cm³/mol. The van der Waals surface area contributed by atoms with Gasteiger partial charge in [0.2, 0.25) is 5.91 Å². The molecule has 1 fully saturated rings. The van der Waals surface area contributed by atoms with Gasteiger partial charge in [0.25, 0.3) is 5.91 Å². The number of hydrogen-bond donors (Lipinski definition) is 2. The van der Waals surface area contributed by atoms with Crippen LogP contribution >= 0.6 is 0 Å². The highest BCUT2D eigenvalue weighted by atomic mass is 16.2. The molecule has 3 aromatic heterocycles. The fourth-order valence-corrected chi connectivity index (χ4v) is 4.24. The molecule has 0 saturated carbocycles. The minimum absolute atomic E-state index is 0.00590. The number of amides is 2. The Labute approximate surface area is 203 Å². The van der Waals surface area contributed by atoms with Gasteiger partial charge in [-0.3, -0.25) is 14.3 Å². The summed E-state index contributed by atoms with van der Waals surface area (Å²) in [6.07, 6.45) is 1.57. The van der Waals surface area contributed by atoms with Crippen molar-refractivity contribution < 1.29 is 9.59 Å². The number of aromatic nitrogens is 5. The highest BCUT2D eigenvalue weighted by molar-refractivity contribution is 6.03. The molecule has 4 aromatic rings. The summed E-state index contributed by atoms with van der Waals surface area (Å²) in [5, 5.41) is 7.25. The number of nitrogens with zero attached hydrogens (tertiary/aromatic N) is 6. The maximum Gasteiger partial charge on any atom is 0.258 e. The van der Waals surface area contributed by atoms with Gasteiger partial charge in [-0.25, -0.2) is 9.97 Å². The normalized spacial score (nSPS) is 14.1. The molecule has 35 heavy (non-hydrogen) atoms. The summed E-state index contributed by atoms with van der Waals surface area (Å²) in [5.41, 5.74) is 3.01. The highest BCUT2D eigenvalue weighted by Gasteiger charge is 2.23. The minimum Gasteiger partial charge on any atom is -0.353 e. The van der Waals surface area contributed by atoms with E-state index in [-0.39, 0.29) is 17.7 Å². The zero-order chi connectivity index (χ0) is 24.5. The zero-order valence-corrected chi connectivity index (χ0v) is 20.0. The third-order valence-corrected chi connectivity index (χ3v) is 6.17. The van der Waals surface area contributed by atoms with Crippen LogP contribution in [0.4, 0.5) is 11.6 Å². The number of imidazole rings is 1. The lowest BCUT2D eigenvalue weighted by Crippen LogP contribution is -2.50. The topological polar surface area (TPSA) is 112 Å². The number of pyridine rings is 1. The van der Waals surface area contributed by atoms with E-state index in [1.165, 1.54) is 0 Å². The standard InChI is InChI=1S/C25H28N8O2/c1-16(2)25(35)33-12-10-32(11-13-33)22-9-8-17(15-26-22)24(34)29-21-14-20(31(3)30-21)23-27-18-6-4-5-7-19(18)28-23/h4-9,14-16H,10-13H2,1-3H3,(H,27,28)(H,29,30,34). The van der Waals surface area contributed by atoms with E-state index in [2.05, 4.69) is 30.3 Å². The van der Waals surface area contributed by atoms with Gasteiger partial charge in [-0.15, -0.1) is 0 Å². The van der Waals surface area contributed by atoms with Gasteiger partial charge in [-0.2, -0.15) is 5.10 Å². The molecule has 5 rings (SSSR count). The lowest BCUT2D eigenvalue weighted by Gasteiger charge is -2.36. The van der Waals surface area contributed by atoms with E-state index in [1.54, 1.807) is 23.0 Å². The van der Waals surface area contributed by atoms with Crippen LogP contribution in [0.2, 0.25) is 0 Å². The first-order valence-electron chi connectivity index (χ1n) is 11.7. The summed E-state index contributed by atoms with van der Waals surface area (Å²) in [6, 6.07) is 13.2. The third kappa shape index (κ3) is 4.59. The van der Waals surface area contributed by atoms with Gasteiger partial charge < -0.3 is 20.1 Å². The maximum atomic E-state index is 12.8. The summed E-state index contributed by atoms with van der Waals surface area (Å²) in [6.45, 7) is 6.63. The van der Waals surface area contributed by atoms with Gasteiger partial charge in [-0.1, -0.05) is 26.0 Å². The van der Waals surface area contributed by atoms with Crippen LogP contribution in [0.15, 0.2) is 48.7 Å². The number of piperazine rings is 1. The fraction of sp³-hybridized carbons (Fsp3) is 0.320. The van der Waals surface area contributed by atoms with Gasteiger partial charge in [0.15, 0.2) is 11.6 Å². The Kier molecular flexibility index (Phi) is 5.94. The Hall–Kier alpha value is -4.21. The molecular weight excluding hydrogens is 444 g/mol. The first-order chi connectivity index (χ1) is 16.9. The number of nitrogens with one attached hydrogen (secondary N) is 2. The maximum absolute atomic E-state index is 12.8. The molecule has 2 N–H and O–H groups in total. The largest absolute Gasteiger partial charge is 0.353 e. The van der Waals surface area contributed by atoms with Crippen molar-refractivity contribution in [2.75, 3.05) is 36.4 Å². The Morgan fingerprint density at radius 1 is 1.06 bits per heavy atom. The quantitative estimate of drug-likeness (QED) is 0.462. The van der Waals surface area contributed by atoms with Crippen LogP contribution in [-0.4, -0.2) is 67.6 Å². The Bertz CT molecular complexity index is 1330. The first-order valence-corrected chi connectivity index (χ1v) is 11.7. The molecule has 0 bridgehead atoms. The fourth-order valence-electron chi connectivity index (χ4n) is 4.24. The Morgan fingerprint density at radius 2 is 1.83 bits per heavy atom. The third-order valence-electron chi connectivity index (χ3n) is 6.17. The molecular formula is C25H28N8O2. The molecule has 4 heterocycles. The van der Waals surface area contributed by atoms with Crippen molar-refractivity contribution in [2.45, 2.75) is 13.8 Å². The number of hydrogen-bond acceptors (Lipinski definition) is 6. The van der Waals surface area contributed by atoms with E-state index >= 15 is 0 Å². The SMILES string of the molecule is CC(C)C(=O)N1CCN(c2ccc(C(=O)Nc3cc(-c4nc5ccccc5[nH]4)n(C)n3)cn2)CC1. The van der Waals surface area contributed by atoms with Crippen LogP contribution in [-0.2, 0) is 11.8 Å². The molecule has 180 valence electrons. The number of benzene rings is 1. The summed E-state index contributed by atoms with van der Waals surface area (Å²) in [5.74, 6) is 1.81. The number of carbonyl (C=O) groups is 2. The van der Waals surface area contributed by atoms with E-state index in [4.69, 9.17) is 0 Å². The second-order valence-electron chi connectivity index (χ2n) is 8.97. The van der Waals surface area contributed by atoms with E-state index in [0.717, 1.165) is 35.6 Å². The van der Waals surface area contributed by atoms with Gasteiger partial charge in [0.05, 0.1) is 16.6 Å². The van der Waals surface area contributed by atoms with Gasteiger partial charge in [-0.05, 0) is 24.3 Å². The van der Waals surface area contributed by atoms with Crippen LogP contribution in [0.5, 0.6) is 0 Å². The van der Waals surface area contributed by atoms with Crippen LogP contribution in [0, 0.1) is 5.92 Å². The molecule has 1 aromatic carbocycles. The Morgan fingerprint density at radius 3 is 2.51 bits per heavy atom. The number of carbonyl (C=O) groups excluding carboxylic acids is 2. The van der Waals surface area contributed by atoms with Crippen molar-refractivity contribution in [1.82, 2.24) is 29.6 Å². The molecule has 1 aliphatic rings. The summed E-state index contributed by atoms with van der Waals surface area (Å²) in [7, 11) is 1.81. The van der Waals surface area contributed by atoms with Crippen molar-refractivity contribution in [3.8, 4) is 11.5 Å². The van der Waals surface area contributed by atoms with Crippen LogP contribution in [0.25, 0.3) is 22.6 Å². The molecule has 2 amide bonds. The van der Waals surface area contributed by atoms with Crippen molar-refractivity contribution in [1.29, 1.82) is 0 Å². The van der Waals surface area contributed by atoms with Crippen LogP contribution in [0.3, 0.4) is 0 Å². The van der Waals surface area contributed by atoms with Crippen LogP contribution in [0.1, 0.15) is 24.2 Å². The molecule has 0 unspecified atom stereocenters. The number of anilines is 2. The van der Waals surface area contributed by atoms with E-state index in [1.807, 2.05) is 56.1 Å². The molecule has 0 spiro atoms. The summed E-state index contributed by atoms with van der Waals surface area (Å²) in [4.78, 5) is 41.4. The molecule has 0 atom stereocenters. The van der Waals surface area contributed by atoms with Gasteiger partial charge >= 0.3 is 0 Å². The number of aryl methyl sites for hydroxylation is 1. The number of rotatable bonds is 5. The van der Waals surface area contributed by atoms with Crippen molar-refractivity contribution in [3.05, 3.63) is 54.2 Å². The predicted octanol–water partition coefficient (Wildman–Crippen LogP) is 2.92. The van der Waals surface area contributed by atoms with Crippen molar-refractivity contribution in [2.24, 2.45) is 13.0 Å². The molecule has 10 heteroatoms. The minimum atomic E-state index is -0.286. The molecule has 1 saturated heterocycles. The second kappa shape index (κ2) is 9.21. The average Bonchev–Trinajstić information content (AvgIpc) is 3.46. The second-order valence-corrected chi connectivity index (χ2v) is 8.97. The van der Waals surface area contributed by atoms with E-state index in [0.29, 0.717) is 30.3 Å². The molecule has 0 aliphatic carbocycles. The smallest absolute Gasteiger partial charge is 0.258 e.